The van der Waals surface area contributed by atoms with Crippen LogP contribution in [0, 0.1) is 6.92 Å². The Hall–Kier alpha value is -1.31. The molecular weight excluding hydrogens is 518 g/mol. The molecule has 2 atom stereocenters. The number of nitrogens with two attached hydrogens (primary N) is 1. The summed E-state index contributed by atoms with van der Waals surface area (Å²) in [4.78, 5) is 8.62. The second-order valence-corrected chi connectivity index (χ2v) is 9.32. The molecule has 154 valence electrons. The Bertz CT molecular complexity index is 933. The number of nitrogens with zero attached hydrogens (tertiary/aromatic N) is 2. The van der Waals surface area contributed by atoms with Crippen LogP contribution in [0.15, 0.2) is 32.2 Å². The fourth-order valence-corrected chi connectivity index (χ4v) is 4.86. The van der Waals surface area contributed by atoms with Gasteiger partial charge in [-0.05, 0) is 63.4 Å². The summed E-state index contributed by atoms with van der Waals surface area (Å²) in [6, 6.07) is 2.84. The Morgan fingerprint density at radius 3 is 2.54 bits per heavy atom. The number of hydrogen-bond acceptors (Lipinski definition) is 8. The van der Waals surface area contributed by atoms with Crippen molar-refractivity contribution in [1.29, 1.82) is 0 Å². The molecule has 0 amide bonds. The Morgan fingerprint density at radius 2 is 2.00 bits per heavy atom. The van der Waals surface area contributed by atoms with Gasteiger partial charge in [0.1, 0.15) is 5.82 Å². The highest BCUT2D eigenvalue weighted by Crippen LogP contribution is 2.30. The molecule has 2 rings (SSSR count). The number of nitrogens with one attached hydrogen (secondary N) is 2. The van der Waals surface area contributed by atoms with Gasteiger partial charge in [0.25, 0.3) is 0 Å². The van der Waals surface area contributed by atoms with E-state index in [2.05, 4.69) is 52.5 Å². The summed E-state index contributed by atoms with van der Waals surface area (Å²) >= 11 is 6.61. The SMILES string of the molecule is COC[C@@H](Nc1nc(Nc2cc(C)c(S(N)(=O)=O)c(Br)c2)ncc1Br)[C@@H](C)O. The lowest BCUT2D eigenvalue weighted by atomic mass is 10.2. The zero-order valence-electron chi connectivity index (χ0n) is 15.4. The monoisotopic (exact) mass is 537 g/mol. The highest BCUT2D eigenvalue weighted by Gasteiger charge is 2.19. The average Bonchev–Trinajstić information content (AvgIpc) is 2.55. The number of aliphatic hydroxyl groups is 1. The van der Waals surface area contributed by atoms with Crippen molar-refractivity contribution in [3.63, 3.8) is 0 Å². The van der Waals surface area contributed by atoms with E-state index in [0.29, 0.717) is 26.0 Å². The number of rotatable bonds is 8. The maximum absolute atomic E-state index is 11.7. The first-order valence-corrected chi connectivity index (χ1v) is 11.2. The van der Waals surface area contributed by atoms with Gasteiger partial charge >= 0.3 is 0 Å². The molecule has 28 heavy (non-hydrogen) atoms. The van der Waals surface area contributed by atoms with Gasteiger partial charge in [-0.15, -0.1) is 0 Å². The first-order chi connectivity index (χ1) is 13.0. The number of primary sulfonamides is 1. The molecule has 0 aliphatic carbocycles. The summed E-state index contributed by atoms with van der Waals surface area (Å²) in [5.41, 5.74) is 1.05. The third-order valence-corrected chi connectivity index (χ3v) is 6.34. The first-order valence-electron chi connectivity index (χ1n) is 8.09. The third-order valence-electron chi connectivity index (χ3n) is 3.76. The lowest BCUT2D eigenvalue weighted by Crippen LogP contribution is -2.36. The van der Waals surface area contributed by atoms with Crippen molar-refractivity contribution in [3.8, 4) is 0 Å². The van der Waals surface area contributed by atoms with Crippen LogP contribution in [-0.4, -0.2) is 49.4 Å². The number of halogens is 2. The molecule has 5 N–H and O–H groups in total. The van der Waals surface area contributed by atoms with Crippen molar-refractivity contribution in [1.82, 2.24) is 9.97 Å². The number of sulfonamides is 1. The lowest BCUT2D eigenvalue weighted by molar-refractivity contribution is 0.106. The fraction of sp³-hybridized carbons (Fsp3) is 0.375. The van der Waals surface area contributed by atoms with Crippen LogP contribution in [-0.2, 0) is 14.8 Å². The van der Waals surface area contributed by atoms with Crippen LogP contribution in [0.25, 0.3) is 0 Å². The van der Waals surface area contributed by atoms with Gasteiger partial charge in [-0.2, -0.15) is 4.98 Å². The summed E-state index contributed by atoms with van der Waals surface area (Å²) in [5, 5.41) is 21.2. The van der Waals surface area contributed by atoms with E-state index in [9.17, 15) is 13.5 Å². The van der Waals surface area contributed by atoms with E-state index in [1.807, 2.05) is 0 Å². The molecule has 9 nitrogen and oxygen atoms in total. The van der Waals surface area contributed by atoms with Crippen LogP contribution in [0.3, 0.4) is 0 Å². The number of methoxy groups -OCH3 is 1. The summed E-state index contributed by atoms with van der Waals surface area (Å²) in [7, 11) is -2.30. The number of aromatic nitrogens is 2. The second kappa shape index (κ2) is 9.46. The molecule has 12 heteroatoms. The highest BCUT2D eigenvalue weighted by molar-refractivity contribution is 9.10. The Kier molecular flexibility index (Phi) is 7.76. The molecule has 0 aliphatic heterocycles. The largest absolute Gasteiger partial charge is 0.391 e. The zero-order chi connectivity index (χ0) is 21.1. The predicted octanol–water partition coefficient (Wildman–Crippen LogP) is 2.51. The van der Waals surface area contributed by atoms with E-state index in [-0.39, 0.29) is 23.5 Å². The number of benzene rings is 1. The molecule has 0 bridgehead atoms. The van der Waals surface area contributed by atoms with Crippen LogP contribution in [0.2, 0.25) is 0 Å². The molecule has 0 radical (unpaired) electrons. The molecule has 1 aromatic carbocycles. The van der Waals surface area contributed by atoms with Crippen LogP contribution < -0.4 is 15.8 Å². The van der Waals surface area contributed by atoms with Crippen LogP contribution in [0.1, 0.15) is 12.5 Å². The minimum Gasteiger partial charge on any atom is -0.391 e. The molecule has 0 spiro atoms. The van der Waals surface area contributed by atoms with Crippen LogP contribution in [0.4, 0.5) is 17.5 Å². The van der Waals surface area contributed by atoms with Crippen LogP contribution >= 0.6 is 31.9 Å². The standard InChI is InChI=1S/C16H21Br2N5O4S/c1-8-4-10(5-11(17)14(8)28(19,25)26)21-16-20-6-12(18)15(23-16)22-13(7-27-3)9(2)24/h4-6,9,13,24H,7H2,1-3H3,(H2,19,25,26)(H2,20,21,22,23)/t9-,13-/m1/s1. The van der Waals surface area contributed by atoms with Crippen LogP contribution in [0.5, 0.6) is 0 Å². The summed E-state index contributed by atoms with van der Waals surface area (Å²) in [5.74, 6) is 0.750. The molecule has 0 saturated carbocycles. The van der Waals surface area contributed by atoms with E-state index >= 15 is 0 Å². The van der Waals surface area contributed by atoms with Gasteiger partial charge in [-0.25, -0.2) is 18.5 Å². The average molecular weight is 539 g/mol. The van der Waals surface area contributed by atoms with Crippen molar-refractivity contribution in [2.45, 2.75) is 30.9 Å². The fourth-order valence-electron chi connectivity index (χ4n) is 2.48. The Morgan fingerprint density at radius 1 is 1.32 bits per heavy atom. The first kappa shape index (κ1) is 23.0. The third kappa shape index (κ3) is 5.84. The second-order valence-electron chi connectivity index (χ2n) is 6.11. The van der Waals surface area contributed by atoms with E-state index in [1.54, 1.807) is 39.3 Å². The van der Waals surface area contributed by atoms with E-state index in [0.717, 1.165) is 0 Å². The molecule has 0 fully saturated rings. The number of ether oxygens (including phenoxy) is 1. The van der Waals surface area contributed by atoms with Crippen molar-refractivity contribution >= 4 is 59.3 Å². The Labute approximate surface area is 180 Å². The van der Waals surface area contributed by atoms with Crippen molar-refractivity contribution in [2.75, 3.05) is 24.4 Å². The quantitative estimate of drug-likeness (QED) is 0.402. The maximum atomic E-state index is 11.7. The number of aryl methyl sites for hydroxylation is 1. The number of hydrogen-bond donors (Lipinski definition) is 4. The molecule has 0 aliphatic rings. The van der Waals surface area contributed by atoms with Crippen molar-refractivity contribution < 1.29 is 18.3 Å². The Balaban J connectivity index is 2.31. The van der Waals surface area contributed by atoms with Gasteiger partial charge in [0.2, 0.25) is 16.0 Å². The smallest absolute Gasteiger partial charge is 0.239 e. The van der Waals surface area contributed by atoms with Gasteiger partial charge in [0.15, 0.2) is 0 Å². The lowest BCUT2D eigenvalue weighted by Gasteiger charge is -2.22. The molecule has 1 heterocycles. The summed E-state index contributed by atoms with van der Waals surface area (Å²) in [6.07, 6.45) is 0.895. The van der Waals surface area contributed by atoms with Gasteiger partial charge in [0, 0.05) is 23.5 Å². The molecule has 0 saturated heterocycles. The van der Waals surface area contributed by atoms with Gasteiger partial charge < -0.3 is 20.5 Å². The van der Waals surface area contributed by atoms with Crippen molar-refractivity contribution in [2.24, 2.45) is 5.14 Å². The molecule has 0 unspecified atom stereocenters. The van der Waals surface area contributed by atoms with Gasteiger partial charge in [-0.3, -0.25) is 0 Å². The maximum Gasteiger partial charge on any atom is 0.239 e. The number of aliphatic hydroxyl groups excluding tert-OH is 1. The minimum atomic E-state index is -3.85. The van der Waals surface area contributed by atoms with E-state index < -0.39 is 16.1 Å². The normalized spacial score (nSPS) is 13.8. The molecule has 2 aromatic rings. The van der Waals surface area contributed by atoms with Gasteiger partial charge in [0.05, 0.1) is 28.1 Å². The summed E-state index contributed by atoms with van der Waals surface area (Å²) in [6.45, 7) is 3.58. The van der Waals surface area contributed by atoms with E-state index in [1.165, 1.54) is 0 Å². The van der Waals surface area contributed by atoms with E-state index in [4.69, 9.17) is 9.88 Å². The number of anilines is 3. The minimum absolute atomic E-state index is 0.0245. The highest BCUT2D eigenvalue weighted by atomic mass is 79.9. The molecule has 1 aromatic heterocycles. The zero-order valence-corrected chi connectivity index (χ0v) is 19.4. The molecular formula is C16H21Br2N5O4S. The van der Waals surface area contributed by atoms with Gasteiger partial charge in [-0.1, -0.05) is 0 Å². The predicted molar refractivity (Wildman–Crippen MR) is 114 cm³/mol. The topological polar surface area (TPSA) is 139 Å². The summed E-state index contributed by atoms with van der Waals surface area (Å²) < 4.78 is 29.4. The van der Waals surface area contributed by atoms with Crippen molar-refractivity contribution in [3.05, 3.63) is 32.8 Å².